The Balaban J connectivity index is 1.77. The zero-order valence-corrected chi connectivity index (χ0v) is 15.0. The summed E-state index contributed by atoms with van der Waals surface area (Å²) in [6, 6.07) is 12.9. The highest BCUT2D eigenvalue weighted by molar-refractivity contribution is 7.14. The number of hydrogen-bond acceptors (Lipinski definition) is 5. The van der Waals surface area contributed by atoms with Crippen LogP contribution in [0.15, 0.2) is 47.8 Å². The van der Waals surface area contributed by atoms with Crippen LogP contribution in [0, 0.1) is 6.92 Å². The highest BCUT2D eigenvalue weighted by atomic mass is 32.1. The summed E-state index contributed by atoms with van der Waals surface area (Å²) >= 11 is 1.39. The van der Waals surface area contributed by atoms with E-state index in [1.165, 1.54) is 11.3 Å². The summed E-state index contributed by atoms with van der Waals surface area (Å²) in [6.45, 7) is 1.99. The monoisotopic (exact) mass is 354 g/mol. The van der Waals surface area contributed by atoms with Crippen LogP contribution in [0.25, 0.3) is 11.3 Å². The first-order valence-electron chi connectivity index (χ1n) is 7.66. The third-order valence-electron chi connectivity index (χ3n) is 3.75. The molecule has 2 aromatic carbocycles. The molecule has 0 saturated carbocycles. The first-order chi connectivity index (χ1) is 12.1. The smallest absolute Gasteiger partial charge is 0.257 e. The van der Waals surface area contributed by atoms with Gasteiger partial charge in [-0.3, -0.25) is 10.1 Å². The number of thiazole rings is 1. The number of ether oxygens (including phenoxy) is 2. The molecule has 0 saturated heterocycles. The van der Waals surface area contributed by atoms with Gasteiger partial charge in [0.05, 0.1) is 19.9 Å². The predicted octanol–water partition coefficient (Wildman–Crippen LogP) is 4.39. The highest BCUT2D eigenvalue weighted by Crippen LogP contribution is 2.29. The summed E-state index contributed by atoms with van der Waals surface area (Å²) < 4.78 is 10.4. The highest BCUT2D eigenvalue weighted by Gasteiger charge is 2.11. The van der Waals surface area contributed by atoms with Crippen molar-refractivity contribution in [1.82, 2.24) is 4.98 Å². The van der Waals surface area contributed by atoms with Crippen molar-refractivity contribution in [2.24, 2.45) is 0 Å². The molecule has 1 heterocycles. The molecule has 0 bridgehead atoms. The maximum absolute atomic E-state index is 12.3. The molecule has 5 nitrogen and oxygen atoms in total. The standard InChI is InChI=1S/C19H18N2O3S/c1-12-9-13(7-8-17(12)24-3)16-11-25-19(20-16)21-18(22)14-5-4-6-15(10-14)23-2/h4-11H,1-3H3,(H,20,21,22). The number of benzene rings is 2. The lowest BCUT2D eigenvalue weighted by Gasteiger charge is -2.06. The van der Waals surface area contributed by atoms with Gasteiger partial charge < -0.3 is 9.47 Å². The van der Waals surface area contributed by atoms with Crippen LogP contribution in [0.2, 0.25) is 0 Å². The number of aromatic nitrogens is 1. The minimum absolute atomic E-state index is 0.217. The summed E-state index contributed by atoms with van der Waals surface area (Å²) in [5.74, 6) is 1.26. The molecule has 0 aliphatic heterocycles. The number of methoxy groups -OCH3 is 2. The van der Waals surface area contributed by atoms with Crippen LogP contribution < -0.4 is 14.8 Å². The molecule has 25 heavy (non-hydrogen) atoms. The van der Waals surface area contributed by atoms with E-state index < -0.39 is 0 Å². The molecular weight excluding hydrogens is 336 g/mol. The molecular formula is C19H18N2O3S. The van der Waals surface area contributed by atoms with Gasteiger partial charge in [0.25, 0.3) is 5.91 Å². The van der Waals surface area contributed by atoms with Crippen LogP contribution in [0.1, 0.15) is 15.9 Å². The quantitative estimate of drug-likeness (QED) is 0.738. The molecule has 0 fully saturated rings. The van der Waals surface area contributed by atoms with Gasteiger partial charge in [-0.2, -0.15) is 0 Å². The Morgan fingerprint density at radius 1 is 1.12 bits per heavy atom. The zero-order chi connectivity index (χ0) is 17.8. The van der Waals surface area contributed by atoms with E-state index in [1.54, 1.807) is 38.5 Å². The second-order valence-corrected chi connectivity index (χ2v) is 6.27. The van der Waals surface area contributed by atoms with Crippen LogP contribution in [-0.4, -0.2) is 25.1 Å². The normalized spacial score (nSPS) is 10.4. The lowest BCUT2D eigenvalue weighted by Crippen LogP contribution is -2.11. The summed E-state index contributed by atoms with van der Waals surface area (Å²) in [5.41, 5.74) is 3.36. The van der Waals surface area contributed by atoms with Gasteiger partial charge in [0.2, 0.25) is 0 Å². The number of rotatable bonds is 5. The number of hydrogen-bond donors (Lipinski definition) is 1. The van der Waals surface area contributed by atoms with Gasteiger partial charge in [0.1, 0.15) is 11.5 Å². The number of amides is 1. The fraction of sp³-hybridized carbons (Fsp3) is 0.158. The van der Waals surface area contributed by atoms with E-state index >= 15 is 0 Å². The van der Waals surface area contributed by atoms with Crippen LogP contribution in [0.5, 0.6) is 11.5 Å². The molecule has 1 amide bonds. The first kappa shape index (κ1) is 17.0. The first-order valence-corrected chi connectivity index (χ1v) is 8.54. The van der Waals surface area contributed by atoms with Gasteiger partial charge in [-0.15, -0.1) is 11.3 Å². The molecule has 0 unspecified atom stereocenters. The third kappa shape index (κ3) is 3.80. The van der Waals surface area contributed by atoms with Crippen molar-refractivity contribution < 1.29 is 14.3 Å². The van der Waals surface area contributed by atoms with E-state index in [-0.39, 0.29) is 5.91 Å². The van der Waals surface area contributed by atoms with Crippen LogP contribution in [0.3, 0.4) is 0 Å². The maximum atomic E-state index is 12.3. The lowest BCUT2D eigenvalue weighted by molar-refractivity contribution is 0.102. The summed E-state index contributed by atoms with van der Waals surface area (Å²) in [5, 5.41) is 5.30. The van der Waals surface area contributed by atoms with Crippen molar-refractivity contribution in [3.8, 4) is 22.8 Å². The van der Waals surface area contributed by atoms with Gasteiger partial charge in [-0.25, -0.2) is 4.98 Å². The number of nitrogens with zero attached hydrogens (tertiary/aromatic N) is 1. The van der Waals surface area contributed by atoms with E-state index in [2.05, 4.69) is 10.3 Å². The van der Waals surface area contributed by atoms with Crippen LogP contribution in [0.4, 0.5) is 5.13 Å². The number of carbonyl (C=O) groups excluding carboxylic acids is 1. The van der Waals surface area contributed by atoms with Crippen molar-refractivity contribution in [2.45, 2.75) is 6.92 Å². The van der Waals surface area contributed by atoms with E-state index in [4.69, 9.17) is 9.47 Å². The Morgan fingerprint density at radius 2 is 1.96 bits per heavy atom. The summed E-state index contributed by atoms with van der Waals surface area (Å²) in [7, 11) is 3.22. The number of anilines is 1. The molecule has 0 atom stereocenters. The third-order valence-corrected chi connectivity index (χ3v) is 4.50. The van der Waals surface area contributed by atoms with Gasteiger partial charge in [0, 0.05) is 16.5 Å². The molecule has 0 aliphatic rings. The molecule has 0 aliphatic carbocycles. The fourth-order valence-corrected chi connectivity index (χ4v) is 3.15. The van der Waals surface area contributed by atoms with E-state index in [9.17, 15) is 4.79 Å². The Bertz CT molecular complexity index is 905. The molecule has 3 aromatic rings. The Morgan fingerprint density at radius 3 is 2.68 bits per heavy atom. The zero-order valence-electron chi connectivity index (χ0n) is 14.2. The minimum atomic E-state index is -0.217. The Hall–Kier alpha value is -2.86. The average Bonchev–Trinajstić information content (AvgIpc) is 3.10. The van der Waals surface area contributed by atoms with E-state index in [0.717, 1.165) is 22.6 Å². The largest absolute Gasteiger partial charge is 0.497 e. The second kappa shape index (κ2) is 7.36. The number of carbonyl (C=O) groups is 1. The molecule has 0 spiro atoms. The summed E-state index contributed by atoms with van der Waals surface area (Å²) in [6.07, 6.45) is 0. The lowest BCUT2D eigenvalue weighted by atomic mass is 10.1. The fourth-order valence-electron chi connectivity index (χ4n) is 2.44. The van der Waals surface area contributed by atoms with Crippen LogP contribution >= 0.6 is 11.3 Å². The SMILES string of the molecule is COc1cccc(C(=O)Nc2nc(-c3ccc(OC)c(C)c3)cs2)c1. The van der Waals surface area contributed by atoms with Crippen LogP contribution in [-0.2, 0) is 0 Å². The van der Waals surface area contributed by atoms with Crippen molar-refractivity contribution in [3.05, 3.63) is 59.0 Å². The van der Waals surface area contributed by atoms with Gasteiger partial charge in [-0.05, 0) is 48.9 Å². The second-order valence-electron chi connectivity index (χ2n) is 5.41. The molecule has 6 heteroatoms. The molecule has 3 rings (SSSR count). The summed E-state index contributed by atoms with van der Waals surface area (Å²) in [4.78, 5) is 16.8. The minimum Gasteiger partial charge on any atom is -0.497 e. The Labute approximate surface area is 150 Å². The van der Waals surface area contributed by atoms with Gasteiger partial charge in [-0.1, -0.05) is 6.07 Å². The molecule has 1 N–H and O–H groups in total. The maximum Gasteiger partial charge on any atom is 0.257 e. The predicted molar refractivity (Wildman–Crippen MR) is 99.8 cm³/mol. The topological polar surface area (TPSA) is 60.5 Å². The molecule has 0 radical (unpaired) electrons. The van der Waals surface area contributed by atoms with Crippen molar-refractivity contribution in [1.29, 1.82) is 0 Å². The number of aryl methyl sites for hydroxylation is 1. The molecule has 128 valence electrons. The van der Waals surface area contributed by atoms with E-state index in [1.807, 2.05) is 30.5 Å². The van der Waals surface area contributed by atoms with Crippen molar-refractivity contribution >= 4 is 22.4 Å². The average molecular weight is 354 g/mol. The van der Waals surface area contributed by atoms with Gasteiger partial charge >= 0.3 is 0 Å². The van der Waals surface area contributed by atoms with Gasteiger partial charge in [0.15, 0.2) is 5.13 Å². The Kier molecular flexibility index (Phi) is 5.00. The molecule has 1 aromatic heterocycles. The number of nitrogens with one attached hydrogen (secondary N) is 1. The van der Waals surface area contributed by atoms with Crippen molar-refractivity contribution in [3.63, 3.8) is 0 Å². The van der Waals surface area contributed by atoms with E-state index in [0.29, 0.717) is 16.4 Å². The van der Waals surface area contributed by atoms with Crippen molar-refractivity contribution in [2.75, 3.05) is 19.5 Å².